The predicted octanol–water partition coefficient (Wildman–Crippen LogP) is 2.11. The molecular weight excluding hydrogens is 260 g/mol. The first-order valence-corrected chi connectivity index (χ1v) is 6.47. The summed E-state index contributed by atoms with van der Waals surface area (Å²) in [5, 5.41) is 8.80. The zero-order chi connectivity index (χ0) is 13.7. The van der Waals surface area contributed by atoms with Crippen LogP contribution in [0.3, 0.4) is 0 Å². The van der Waals surface area contributed by atoms with E-state index in [0.717, 1.165) is 9.75 Å². The lowest BCUT2D eigenvalue weighted by Crippen LogP contribution is -2.36. The van der Waals surface area contributed by atoms with Crippen molar-refractivity contribution in [3.63, 3.8) is 0 Å². The van der Waals surface area contributed by atoms with Gasteiger partial charge in [-0.25, -0.2) is 8.78 Å². The molecule has 0 aliphatic heterocycles. The Labute approximate surface area is 109 Å². The van der Waals surface area contributed by atoms with Crippen LogP contribution < -0.4 is 0 Å². The largest absolute Gasteiger partial charge is 0.395 e. The lowest BCUT2D eigenvalue weighted by atomic mass is 10.1. The highest BCUT2D eigenvalue weighted by Crippen LogP contribution is 2.21. The van der Waals surface area contributed by atoms with Crippen LogP contribution >= 0.6 is 11.3 Å². The summed E-state index contributed by atoms with van der Waals surface area (Å²) in [6, 6.07) is 1.78. The second-order valence-electron chi connectivity index (χ2n) is 4.10. The highest BCUT2D eigenvalue weighted by Gasteiger charge is 2.18. The molecule has 6 heteroatoms. The molecule has 0 aromatic carbocycles. The van der Waals surface area contributed by atoms with Gasteiger partial charge in [0.05, 0.1) is 19.7 Å². The number of alkyl halides is 2. The van der Waals surface area contributed by atoms with Gasteiger partial charge >= 0.3 is 0 Å². The van der Waals surface area contributed by atoms with Gasteiger partial charge in [-0.1, -0.05) is 0 Å². The van der Waals surface area contributed by atoms with E-state index in [9.17, 15) is 13.6 Å². The van der Waals surface area contributed by atoms with Gasteiger partial charge in [-0.3, -0.25) is 9.69 Å². The second-order valence-corrected chi connectivity index (χ2v) is 5.56. The summed E-state index contributed by atoms with van der Waals surface area (Å²) in [6.45, 7) is 3.02. The van der Waals surface area contributed by atoms with E-state index in [-0.39, 0.29) is 25.5 Å². The molecule has 0 fully saturated rings. The van der Waals surface area contributed by atoms with E-state index in [2.05, 4.69) is 0 Å². The second kappa shape index (κ2) is 6.92. The molecular formula is C12H17F2NO2S. The maximum atomic E-state index is 12.3. The van der Waals surface area contributed by atoms with Gasteiger partial charge in [0.1, 0.15) is 0 Å². The molecule has 102 valence electrons. The van der Waals surface area contributed by atoms with Crippen LogP contribution in [-0.2, 0) is 0 Å². The van der Waals surface area contributed by atoms with Crippen molar-refractivity contribution >= 4 is 17.1 Å². The molecule has 0 saturated heterocycles. The van der Waals surface area contributed by atoms with Gasteiger partial charge in [-0.05, 0) is 19.9 Å². The van der Waals surface area contributed by atoms with Gasteiger partial charge in [0.15, 0.2) is 5.78 Å². The Kier molecular flexibility index (Phi) is 5.84. The van der Waals surface area contributed by atoms with Gasteiger partial charge in [-0.15, -0.1) is 11.3 Å². The summed E-state index contributed by atoms with van der Waals surface area (Å²) >= 11 is 1.52. The summed E-state index contributed by atoms with van der Waals surface area (Å²) in [5.74, 6) is -0.175. The zero-order valence-electron chi connectivity index (χ0n) is 10.4. The van der Waals surface area contributed by atoms with E-state index >= 15 is 0 Å². The van der Waals surface area contributed by atoms with Crippen molar-refractivity contribution < 1.29 is 18.7 Å². The van der Waals surface area contributed by atoms with E-state index in [1.54, 1.807) is 6.07 Å². The Morgan fingerprint density at radius 1 is 1.50 bits per heavy atom. The average molecular weight is 277 g/mol. The Hall–Kier alpha value is -0.850. The summed E-state index contributed by atoms with van der Waals surface area (Å²) in [6.07, 6.45) is -2.50. The first kappa shape index (κ1) is 15.2. The number of carbonyl (C=O) groups excluding carboxylic acids is 1. The van der Waals surface area contributed by atoms with Crippen molar-refractivity contribution in [1.82, 2.24) is 4.90 Å². The number of halogens is 2. The molecule has 1 N–H and O–H groups in total. The number of Topliss-reactive ketones (excluding diaryl/α,β-unsaturated/α-hetero) is 1. The minimum Gasteiger partial charge on any atom is -0.395 e. The Morgan fingerprint density at radius 2 is 2.17 bits per heavy atom. The molecule has 18 heavy (non-hydrogen) atoms. The third-order valence-corrected chi connectivity index (χ3v) is 3.49. The molecule has 0 aliphatic rings. The minimum atomic E-state index is -2.50. The van der Waals surface area contributed by atoms with E-state index in [4.69, 9.17) is 5.11 Å². The van der Waals surface area contributed by atoms with Crippen LogP contribution in [0.2, 0.25) is 0 Å². The van der Waals surface area contributed by atoms with E-state index in [1.165, 1.54) is 16.2 Å². The average Bonchev–Trinajstić information content (AvgIpc) is 2.57. The normalized spacial score (nSPS) is 11.5. The van der Waals surface area contributed by atoms with Gasteiger partial charge in [-0.2, -0.15) is 0 Å². The number of aliphatic hydroxyl groups is 1. The van der Waals surface area contributed by atoms with Gasteiger partial charge in [0, 0.05) is 21.9 Å². The van der Waals surface area contributed by atoms with Crippen LogP contribution in [0.5, 0.6) is 0 Å². The van der Waals surface area contributed by atoms with Crippen LogP contribution in [0.25, 0.3) is 0 Å². The fraction of sp³-hybridized carbons (Fsp3) is 0.583. The molecule has 0 spiro atoms. The molecule has 3 nitrogen and oxygen atoms in total. The number of aryl methyl sites for hydroxylation is 2. The molecule has 0 amide bonds. The molecule has 0 bridgehead atoms. The summed E-state index contributed by atoms with van der Waals surface area (Å²) < 4.78 is 24.6. The maximum absolute atomic E-state index is 12.3. The van der Waals surface area contributed by atoms with Crippen LogP contribution in [0.4, 0.5) is 8.78 Å². The van der Waals surface area contributed by atoms with Gasteiger partial charge in [0.2, 0.25) is 0 Å². The van der Waals surface area contributed by atoms with E-state index in [0.29, 0.717) is 5.56 Å². The van der Waals surface area contributed by atoms with Crippen LogP contribution in [0, 0.1) is 13.8 Å². The van der Waals surface area contributed by atoms with Crippen molar-refractivity contribution in [3.8, 4) is 0 Å². The van der Waals surface area contributed by atoms with Crippen LogP contribution in [-0.4, -0.2) is 48.5 Å². The number of ketones is 1. The lowest BCUT2D eigenvalue weighted by Gasteiger charge is -2.19. The highest BCUT2D eigenvalue weighted by molar-refractivity contribution is 7.12. The van der Waals surface area contributed by atoms with Gasteiger partial charge in [0.25, 0.3) is 6.43 Å². The summed E-state index contributed by atoms with van der Waals surface area (Å²) in [4.78, 5) is 15.2. The quantitative estimate of drug-likeness (QED) is 0.776. The number of aliphatic hydroxyl groups excluding tert-OH is 1. The van der Waals surface area contributed by atoms with Crippen LogP contribution in [0.1, 0.15) is 20.1 Å². The summed E-state index contributed by atoms with van der Waals surface area (Å²) in [5.41, 5.74) is 0.592. The number of thiophene rings is 1. The first-order chi connectivity index (χ1) is 8.43. The first-order valence-electron chi connectivity index (χ1n) is 5.65. The van der Waals surface area contributed by atoms with Crippen molar-refractivity contribution in [2.45, 2.75) is 20.3 Å². The molecule has 1 aromatic rings. The molecule has 0 radical (unpaired) electrons. The summed E-state index contributed by atoms with van der Waals surface area (Å²) in [7, 11) is 0. The third kappa shape index (κ3) is 4.44. The SMILES string of the molecule is Cc1cc(C(=O)CN(CCO)CC(F)F)c(C)s1. The third-order valence-electron chi connectivity index (χ3n) is 2.52. The molecule has 1 aromatic heterocycles. The Balaban J connectivity index is 2.68. The fourth-order valence-corrected chi connectivity index (χ4v) is 2.71. The number of carbonyl (C=O) groups is 1. The van der Waals surface area contributed by atoms with Crippen molar-refractivity contribution in [1.29, 1.82) is 0 Å². The lowest BCUT2D eigenvalue weighted by molar-refractivity contribution is 0.0689. The van der Waals surface area contributed by atoms with Crippen LogP contribution in [0.15, 0.2) is 6.07 Å². The number of nitrogens with zero attached hydrogens (tertiary/aromatic N) is 1. The molecule has 0 aliphatic carbocycles. The maximum Gasteiger partial charge on any atom is 0.251 e. The van der Waals surface area contributed by atoms with Gasteiger partial charge < -0.3 is 5.11 Å². The predicted molar refractivity (Wildman–Crippen MR) is 67.7 cm³/mol. The number of hydrogen-bond acceptors (Lipinski definition) is 4. The minimum absolute atomic E-state index is 0.0814. The molecule has 1 heterocycles. The Bertz CT molecular complexity index is 407. The molecule has 0 atom stereocenters. The highest BCUT2D eigenvalue weighted by atomic mass is 32.1. The fourth-order valence-electron chi connectivity index (χ4n) is 1.77. The zero-order valence-corrected chi connectivity index (χ0v) is 11.3. The standard InChI is InChI=1S/C12H17F2NO2S/c1-8-5-10(9(2)18-8)11(17)6-15(3-4-16)7-12(13)14/h5,12,16H,3-4,6-7H2,1-2H3. The molecule has 0 unspecified atom stereocenters. The van der Waals surface area contributed by atoms with E-state index < -0.39 is 13.0 Å². The van der Waals surface area contributed by atoms with Crippen molar-refractivity contribution in [3.05, 3.63) is 21.4 Å². The molecule has 1 rings (SSSR count). The number of hydrogen-bond donors (Lipinski definition) is 1. The topological polar surface area (TPSA) is 40.5 Å². The Morgan fingerprint density at radius 3 is 2.61 bits per heavy atom. The molecule has 0 saturated carbocycles. The van der Waals surface area contributed by atoms with E-state index in [1.807, 2.05) is 13.8 Å². The van der Waals surface area contributed by atoms with Crippen molar-refractivity contribution in [2.24, 2.45) is 0 Å². The monoisotopic (exact) mass is 277 g/mol. The van der Waals surface area contributed by atoms with Crippen molar-refractivity contribution in [2.75, 3.05) is 26.2 Å². The smallest absolute Gasteiger partial charge is 0.251 e. The number of rotatable bonds is 7.